The van der Waals surface area contributed by atoms with Gasteiger partial charge in [-0.2, -0.15) is 0 Å². The lowest BCUT2D eigenvalue weighted by atomic mass is 10.0. The molecule has 0 amide bonds. The van der Waals surface area contributed by atoms with E-state index in [9.17, 15) is 4.79 Å². The number of ether oxygens (including phenoxy) is 1. The molecule has 4 nitrogen and oxygen atoms in total. The molecule has 0 aliphatic carbocycles. The Hall–Kier alpha value is -0.610. The second-order valence-electron chi connectivity index (χ2n) is 2.81. The lowest BCUT2D eigenvalue weighted by Crippen LogP contribution is -2.42. The van der Waals surface area contributed by atoms with Gasteiger partial charge in [-0.05, 0) is 20.8 Å². The van der Waals surface area contributed by atoms with E-state index in [1.165, 1.54) is 13.8 Å². The maximum Gasteiger partial charge on any atom is 0.337 e. The van der Waals surface area contributed by atoms with Crippen molar-refractivity contribution in [1.82, 2.24) is 0 Å². The molecule has 0 aliphatic heterocycles. The van der Waals surface area contributed by atoms with E-state index in [4.69, 9.17) is 10.2 Å². The number of carbonyl (C=O) groups excluding carboxylic acids is 1. The number of rotatable bonds is 3. The zero-order valence-electron chi connectivity index (χ0n) is 7.00. The minimum absolute atomic E-state index is 0.200. The fourth-order valence-electron chi connectivity index (χ4n) is 0.510. The van der Waals surface area contributed by atoms with Crippen LogP contribution in [0.25, 0.3) is 0 Å². The molecule has 0 rings (SSSR count). The Morgan fingerprint density at radius 2 is 2.09 bits per heavy atom. The number of hydrogen-bond donors (Lipinski definition) is 2. The molecule has 1 atom stereocenters. The normalized spacial score (nSPS) is 14.3. The molecule has 4 heteroatoms. The van der Waals surface area contributed by atoms with Gasteiger partial charge in [-0.1, -0.05) is 0 Å². The fraction of sp³-hybridized carbons (Fsp3) is 0.857. The first-order valence-electron chi connectivity index (χ1n) is 3.46. The van der Waals surface area contributed by atoms with Crippen LogP contribution in [-0.4, -0.2) is 34.5 Å². The highest BCUT2D eigenvalue weighted by atomic mass is 16.5. The van der Waals surface area contributed by atoms with Crippen LogP contribution in [0.2, 0.25) is 0 Å². The van der Waals surface area contributed by atoms with E-state index in [1.54, 1.807) is 6.92 Å². The summed E-state index contributed by atoms with van der Waals surface area (Å²) in [6.07, 6.45) is -1.47. The summed E-state index contributed by atoms with van der Waals surface area (Å²) in [4.78, 5) is 10.8. The first-order chi connectivity index (χ1) is 4.89. The topological polar surface area (TPSA) is 66.8 Å². The molecule has 0 spiro atoms. The van der Waals surface area contributed by atoms with Crippen LogP contribution in [0.3, 0.4) is 0 Å². The fourth-order valence-corrected chi connectivity index (χ4v) is 0.510. The average molecular weight is 162 g/mol. The van der Waals surface area contributed by atoms with Crippen LogP contribution in [0.5, 0.6) is 0 Å². The van der Waals surface area contributed by atoms with Crippen LogP contribution in [-0.2, 0) is 9.53 Å². The summed E-state index contributed by atoms with van der Waals surface area (Å²) in [5.41, 5.74) is -1.44. The molecule has 0 aromatic carbocycles. The summed E-state index contributed by atoms with van der Waals surface area (Å²) < 4.78 is 4.48. The minimum atomic E-state index is -1.47. The standard InChI is InChI=1S/C7H14O4/c1-4-11-6(9)5(8)7(2,3)10/h5,8,10H,4H2,1-3H3/t5-/m1/s1. The molecule has 0 aromatic rings. The second kappa shape index (κ2) is 3.69. The van der Waals surface area contributed by atoms with Crippen molar-refractivity contribution < 1.29 is 19.7 Å². The van der Waals surface area contributed by atoms with Crippen molar-refractivity contribution in [3.8, 4) is 0 Å². The first-order valence-corrected chi connectivity index (χ1v) is 3.46. The van der Waals surface area contributed by atoms with Gasteiger partial charge in [-0.3, -0.25) is 0 Å². The van der Waals surface area contributed by atoms with Crippen LogP contribution < -0.4 is 0 Å². The summed E-state index contributed by atoms with van der Waals surface area (Å²) in [7, 11) is 0. The third-order valence-corrected chi connectivity index (χ3v) is 1.18. The molecular formula is C7H14O4. The van der Waals surface area contributed by atoms with E-state index in [0.29, 0.717) is 0 Å². The van der Waals surface area contributed by atoms with E-state index >= 15 is 0 Å². The van der Waals surface area contributed by atoms with Crippen molar-refractivity contribution in [3.05, 3.63) is 0 Å². The minimum Gasteiger partial charge on any atom is -0.464 e. The monoisotopic (exact) mass is 162 g/mol. The quantitative estimate of drug-likeness (QED) is 0.558. The van der Waals surface area contributed by atoms with Gasteiger partial charge in [0.15, 0.2) is 6.10 Å². The van der Waals surface area contributed by atoms with E-state index in [0.717, 1.165) is 0 Å². The van der Waals surface area contributed by atoms with Crippen molar-refractivity contribution in [2.24, 2.45) is 0 Å². The molecule has 0 fully saturated rings. The third-order valence-electron chi connectivity index (χ3n) is 1.18. The van der Waals surface area contributed by atoms with Gasteiger partial charge in [0.2, 0.25) is 0 Å². The number of hydrogen-bond acceptors (Lipinski definition) is 4. The Kier molecular flexibility index (Phi) is 3.48. The van der Waals surface area contributed by atoms with Gasteiger partial charge in [-0.25, -0.2) is 4.79 Å². The molecule has 0 saturated heterocycles. The molecule has 0 heterocycles. The molecule has 0 aromatic heterocycles. The van der Waals surface area contributed by atoms with Gasteiger partial charge < -0.3 is 14.9 Å². The highest BCUT2D eigenvalue weighted by Gasteiger charge is 2.32. The predicted molar refractivity (Wildman–Crippen MR) is 38.9 cm³/mol. The lowest BCUT2D eigenvalue weighted by molar-refractivity contribution is -0.165. The molecule has 2 N–H and O–H groups in total. The molecule has 0 saturated carbocycles. The van der Waals surface area contributed by atoms with Crippen LogP contribution >= 0.6 is 0 Å². The van der Waals surface area contributed by atoms with Crippen molar-refractivity contribution in [2.75, 3.05) is 6.61 Å². The summed E-state index contributed by atoms with van der Waals surface area (Å²) in [6.45, 7) is 4.52. The molecule has 11 heavy (non-hydrogen) atoms. The predicted octanol–water partition coefficient (Wildman–Crippen LogP) is -0.319. The lowest BCUT2D eigenvalue weighted by Gasteiger charge is -2.22. The molecule has 0 aliphatic rings. The van der Waals surface area contributed by atoms with Gasteiger partial charge in [0.25, 0.3) is 0 Å². The largest absolute Gasteiger partial charge is 0.464 e. The van der Waals surface area contributed by atoms with Gasteiger partial charge in [0.05, 0.1) is 12.2 Å². The van der Waals surface area contributed by atoms with E-state index in [1.807, 2.05) is 0 Å². The number of esters is 1. The summed E-state index contributed by atoms with van der Waals surface area (Å²) in [6, 6.07) is 0. The van der Waals surface area contributed by atoms with Crippen LogP contribution in [0, 0.1) is 0 Å². The third kappa shape index (κ3) is 3.34. The second-order valence-corrected chi connectivity index (χ2v) is 2.81. The van der Waals surface area contributed by atoms with Crippen LogP contribution in [0.15, 0.2) is 0 Å². The van der Waals surface area contributed by atoms with Crippen molar-refractivity contribution in [3.63, 3.8) is 0 Å². The van der Waals surface area contributed by atoms with Crippen molar-refractivity contribution in [1.29, 1.82) is 0 Å². The number of carbonyl (C=O) groups is 1. The van der Waals surface area contributed by atoms with E-state index in [-0.39, 0.29) is 6.61 Å². The number of aliphatic hydroxyl groups is 2. The van der Waals surface area contributed by atoms with Crippen LogP contribution in [0.4, 0.5) is 0 Å². The van der Waals surface area contributed by atoms with E-state index in [2.05, 4.69) is 4.74 Å². The van der Waals surface area contributed by atoms with E-state index < -0.39 is 17.7 Å². The Balaban J connectivity index is 4.03. The molecule has 0 radical (unpaired) electrons. The highest BCUT2D eigenvalue weighted by molar-refractivity contribution is 5.75. The molecule has 0 bridgehead atoms. The SMILES string of the molecule is CCOC(=O)[C@@H](O)C(C)(C)O. The van der Waals surface area contributed by atoms with Gasteiger partial charge in [0.1, 0.15) is 0 Å². The maximum atomic E-state index is 10.8. The number of aliphatic hydroxyl groups excluding tert-OH is 1. The Morgan fingerprint density at radius 1 is 1.64 bits per heavy atom. The van der Waals surface area contributed by atoms with Crippen molar-refractivity contribution in [2.45, 2.75) is 32.5 Å². The average Bonchev–Trinajstić information content (AvgIpc) is 1.85. The van der Waals surface area contributed by atoms with Gasteiger partial charge in [0, 0.05) is 0 Å². The van der Waals surface area contributed by atoms with Crippen molar-refractivity contribution >= 4 is 5.97 Å². The first kappa shape index (κ1) is 10.4. The molecular weight excluding hydrogens is 148 g/mol. The van der Waals surface area contributed by atoms with Crippen LogP contribution in [0.1, 0.15) is 20.8 Å². The molecule has 0 unspecified atom stereocenters. The Bertz CT molecular complexity index is 136. The Labute approximate surface area is 65.8 Å². The molecule has 66 valence electrons. The van der Waals surface area contributed by atoms with Gasteiger partial charge >= 0.3 is 5.97 Å². The zero-order chi connectivity index (χ0) is 9.07. The summed E-state index contributed by atoms with van der Waals surface area (Å²) in [5.74, 6) is -0.792. The highest BCUT2D eigenvalue weighted by Crippen LogP contribution is 2.09. The maximum absolute atomic E-state index is 10.8. The summed E-state index contributed by atoms with van der Waals surface area (Å²) in [5, 5.41) is 18.2. The smallest absolute Gasteiger partial charge is 0.337 e. The van der Waals surface area contributed by atoms with Gasteiger partial charge in [-0.15, -0.1) is 0 Å². The Morgan fingerprint density at radius 3 is 2.36 bits per heavy atom. The zero-order valence-corrected chi connectivity index (χ0v) is 7.00. The summed E-state index contributed by atoms with van der Waals surface area (Å²) >= 11 is 0.